The van der Waals surface area contributed by atoms with Crippen LogP contribution in [0.3, 0.4) is 0 Å². The van der Waals surface area contributed by atoms with E-state index in [0.717, 1.165) is 26.9 Å². The summed E-state index contributed by atoms with van der Waals surface area (Å²) in [6.07, 6.45) is 0. The maximum Gasteiger partial charge on any atom is 0.265 e. The molecule has 1 N–H and O–H groups in total. The molecule has 1 aliphatic rings. The normalized spacial score (nSPS) is 13.4. The number of amides is 1. The van der Waals surface area contributed by atoms with E-state index in [0.29, 0.717) is 41.2 Å². The van der Waals surface area contributed by atoms with Crippen LogP contribution in [0.4, 0.5) is 5.69 Å². The molecule has 1 aliphatic heterocycles. The zero-order chi connectivity index (χ0) is 19.1. The molecule has 2 aromatic heterocycles. The van der Waals surface area contributed by atoms with Gasteiger partial charge in [-0.15, -0.1) is 11.3 Å². The summed E-state index contributed by atoms with van der Waals surface area (Å²) in [5.74, 6) is 1.65. The van der Waals surface area contributed by atoms with Crippen LogP contribution in [-0.4, -0.2) is 28.9 Å². The number of aryl methyl sites for hydroxylation is 1. The topological polar surface area (TPSA) is 65.4 Å². The smallest absolute Gasteiger partial charge is 0.265 e. The Morgan fingerprint density at radius 2 is 2.00 bits per heavy atom. The monoisotopic (exact) mass is 449 g/mol. The highest BCUT2D eigenvalue weighted by Crippen LogP contribution is 2.38. The standard InChI is InChI=1S/C19H20BrN3O3S/c1-10(2)9-23-19-12(11(3)22-23)6-17(27-19)18(24)21-14-8-16-15(7-13(14)20)25-4-5-26-16/h6-8,10H,4-5,9H2,1-3H3,(H,21,24). The molecule has 8 heteroatoms. The molecule has 0 spiro atoms. The second-order valence-corrected chi connectivity index (χ2v) is 8.81. The van der Waals surface area contributed by atoms with E-state index in [1.54, 1.807) is 6.07 Å². The number of thiophene rings is 1. The average molecular weight is 450 g/mol. The average Bonchev–Trinajstić information content (AvgIpc) is 3.17. The molecule has 1 aromatic carbocycles. The molecule has 3 aromatic rings. The quantitative estimate of drug-likeness (QED) is 0.618. The third-order valence-corrected chi connectivity index (χ3v) is 6.05. The van der Waals surface area contributed by atoms with Crippen molar-refractivity contribution in [3.63, 3.8) is 0 Å². The number of nitrogens with one attached hydrogen (secondary N) is 1. The summed E-state index contributed by atoms with van der Waals surface area (Å²) < 4.78 is 13.9. The summed E-state index contributed by atoms with van der Waals surface area (Å²) in [5.41, 5.74) is 1.60. The lowest BCUT2D eigenvalue weighted by atomic mass is 10.2. The van der Waals surface area contributed by atoms with Gasteiger partial charge in [-0.25, -0.2) is 0 Å². The lowest BCUT2D eigenvalue weighted by Crippen LogP contribution is -2.16. The van der Waals surface area contributed by atoms with Gasteiger partial charge in [-0.3, -0.25) is 9.48 Å². The fraction of sp³-hybridized carbons (Fsp3) is 0.368. The number of anilines is 1. The molecule has 0 saturated carbocycles. The SMILES string of the molecule is Cc1nn(CC(C)C)c2sc(C(=O)Nc3cc4c(cc3Br)OCCO4)cc12. The Kier molecular flexibility index (Phi) is 4.86. The molecule has 0 unspecified atom stereocenters. The molecule has 0 radical (unpaired) electrons. The van der Waals surface area contributed by atoms with E-state index in [2.05, 4.69) is 40.2 Å². The number of benzene rings is 1. The zero-order valence-electron chi connectivity index (χ0n) is 15.3. The van der Waals surface area contributed by atoms with E-state index in [1.807, 2.05) is 23.7 Å². The van der Waals surface area contributed by atoms with Crippen LogP contribution in [0.2, 0.25) is 0 Å². The second-order valence-electron chi connectivity index (χ2n) is 6.92. The number of rotatable bonds is 4. The van der Waals surface area contributed by atoms with Gasteiger partial charge in [0.1, 0.15) is 18.0 Å². The lowest BCUT2D eigenvalue weighted by Gasteiger charge is -2.20. The van der Waals surface area contributed by atoms with E-state index in [4.69, 9.17) is 9.47 Å². The van der Waals surface area contributed by atoms with Crippen molar-refractivity contribution >= 4 is 49.1 Å². The van der Waals surface area contributed by atoms with Crippen molar-refractivity contribution in [2.45, 2.75) is 27.3 Å². The maximum atomic E-state index is 12.8. The fourth-order valence-corrected chi connectivity index (χ4v) is 4.53. The van der Waals surface area contributed by atoms with Crippen LogP contribution in [0.5, 0.6) is 11.5 Å². The second kappa shape index (κ2) is 7.16. The summed E-state index contributed by atoms with van der Waals surface area (Å²) in [6, 6.07) is 5.52. The Morgan fingerprint density at radius 1 is 1.30 bits per heavy atom. The summed E-state index contributed by atoms with van der Waals surface area (Å²) in [5, 5.41) is 8.59. The molecule has 27 heavy (non-hydrogen) atoms. The van der Waals surface area contributed by atoms with Gasteiger partial charge in [-0.1, -0.05) is 13.8 Å². The van der Waals surface area contributed by atoms with Crippen LogP contribution < -0.4 is 14.8 Å². The first-order valence-electron chi connectivity index (χ1n) is 8.80. The number of carbonyl (C=O) groups is 1. The van der Waals surface area contributed by atoms with Crippen LogP contribution in [0.15, 0.2) is 22.7 Å². The number of hydrogen-bond donors (Lipinski definition) is 1. The largest absolute Gasteiger partial charge is 0.486 e. The van der Waals surface area contributed by atoms with Crippen molar-refractivity contribution in [2.75, 3.05) is 18.5 Å². The summed E-state index contributed by atoms with van der Waals surface area (Å²) in [7, 11) is 0. The molecule has 0 aliphatic carbocycles. The molecule has 142 valence electrons. The van der Waals surface area contributed by atoms with Gasteiger partial charge in [0, 0.05) is 28.5 Å². The van der Waals surface area contributed by atoms with Crippen LogP contribution >= 0.6 is 27.3 Å². The van der Waals surface area contributed by atoms with E-state index in [9.17, 15) is 4.79 Å². The summed E-state index contributed by atoms with van der Waals surface area (Å²) in [6.45, 7) is 8.15. The third-order valence-electron chi connectivity index (χ3n) is 4.25. The molecule has 3 heterocycles. The van der Waals surface area contributed by atoms with Gasteiger partial charge < -0.3 is 14.8 Å². The van der Waals surface area contributed by atoms with Crippen LogP contribution in [0.25, 0.3) is 10.2 Å². The molecule has 4 rings (SSSR count). The maximum absolute atomic E-state index is 12.8. The van der Waals surface area contributed by atoms with Crippen LogP contribution in [0.1, 0.15) is 29.2 Å². The number of carbonyl (C=O) groups excluding carboxylic acids is 1. The molecule has 0 atom stereocenters. The van der Waals surface area contributed by atoms with E-state index < -0.39 is 0 Å². The molecule has 0 saturated heterocycles. The summed E-state index contributed by atoms with van der Waals surface area (Å²) in [4.78, 5) is 14.5. The molecule has 6 nitrogen and oxygen atoms in total. The van der Waals surface area contributed by atoms with Crippen molar-refractivity contribution in [3.05, 3.63) is 33.2 Å². The Balaban J connectivity index is 1.62. The first kappa shape index (κ1) is 18.3. The lowest BCUT2D eigenvalue weighted by molar-refractivity contribution is 0.103. The first-order valence-corrected chi connectivity index (χ1v) is 10.4. The van der Waals surface area contributed by atoms with Crippen molar-refractivity contribution in [2.24, 2.45) is 5.92 Å². The number of aromatic nitrogens is 2. The number of halogens is 1. The van der Waals surface area contributed by atoms with Crippen molar-refractivity contribution in [1.82, 2.24) is 9.78 Å². The highest BCUT2D eigenvalue weighted by molar-refractivity contribution is 9.10. The third kappa shape index (κ3) is 3.55. The zero-order valence-corrected chi connectivity index (χ0v) is 17.7. The minimum absolute atomic E-state index is 0.149. The van der Waals surface area contributed by atoms with Crippen LogP contribution in [-0.2, 0) is 6.54 Å². The number of ether oxygens (including phenoxy) is 2. The van der Waals surface area contributed by atoms with Gasteiger partial charge in [-0.2, -0.15) is 5.10 Å². The first-order chi connectivity index (χ1) is 12.9. The Morgan fingerprint density at radius 3 is 2.70 bits per heavy atom. The van der Waals surface area contributed by atoms with Crippen LogP contribution in [0, 0.1) is 12.8 Å². The molecule has 0 bridgehead atoms. The molecular formula is C19H20BrN3O3S. The minimum Gasteiger partial charge on any atom is -0.486 e. The van der Waals surface area contributed by atoms with Gasteiger partial charge in [-0.05, 0) is 34.8 Å². The van der Waals surface area contributed by atoms with E-state index in [1.165, 1.54) is 11.3 Å². The Labute approximate surface area is 169 Å². The van der Waals surface area contributed by atoms with E-state index >= 15 is 0 Å². The molecule has 1 amide bonds. The Hall–Kier alpha value is -2.06. The van der Waals surface area contributed by atoms with Gasteiger partial charge in [0.05, 0.1) is 16.3 Å². The number of hydrogen-bond acceptors (Lipinski definition) is 5. The van der Waals surface area contributed by atoms with Gasteiger partial charge in [0.25, 0.3) is 5.91 Å². The van der Waals surface area contributed by atoms with Crippen molar-refractivity contribution in [1.29, 1.82) is 0 Å². The number of nitrogens with zero attached hydrogens (tertiary/aromatic N) is 2. The molecular weight excluding hydrogens is 430 g/mol. The number of fused-ring (bicyclic) bond motifs is 2. The minimum atomic E-state index is -0.149. The Bertz CT molecular complexity index is 1030. The highest BCUT2D eigenvalue weighted by atomic mass is 79.9. The summed E-state index contributed by atoms with van der Waals surface area (Å²) >= 11 is 4.96. The van der Waals surface area contributed by atoms with Gasteiger partial charge in [0.15, 0.2) is 11.5 Å². The fourth-order valence-electron chi connectivity index (χ4n) is 3.04. The highest BCUT2D eigenvalue weighted by Gasteiger charge is 2.20. The molecule has 0 fully saturated rings. The predicted octanol–water partition coefficient (Wildman–Crippen LogP) is 4.85. The van der Waals surface area contributed by atoms with Crippen molar-refractivity contribution in [3.8, 4) is 11.5 Å². The van der Waals surface area contributed by atoms with Gasteiger partial charge >= 0.3 is 0 Å². The van der Waals surface area contributed by atoms with E-state index in [-0.39, 0.29) is 5.91 Å². The van der Waals surface area contributed by atoms with Crippen molar-refractivity contribution < 1.29 is 14.3 Å². The predicted molar refractivity (Wildman–Crippen MR) is 110 cm³/mol. The van der Waals surface area contributed by atoms with Gasteiger partial charge in [0.2, 0.25) is 0 Å².